The van der Waals surface area contributed by atoms with Gasteiger partial charge in [0.2, 0.25) is 0 Å². The van der Waals surface area contributed by atoms with Crippen LogP contribution in [0.3, 0.4) is 0 Å². The maximum Gasteiger partial charge on any atom is 0.274 e. The molecule has 0 spiro atoms. The monoisotopic (exact) mass is 275 g/mol. The molecule has 0 saturated heterocycles. The van der Waals surface area contributed by atoms with E-state index in [0.29, 0.717) is 18.4 Å². The number of hydrogen-bond acceptors (Lipinski definition) is 4. The lowest BCUT2D eigenvalue weighted by atomic mass is 9.90. The Hall–Kier alpha value is -1.14. The fourth-order valence-electron chi connectivity index (χ4n) is 2.12. The molecule has 0 aliphatic heterocycles. The van der Waals surface area contributed by atoms with Crippen LogP contribution in [-0.2, 0) is 21.9 Å². The summed E-state index contributed by atoms with van der Waals surface area (Å²) in [7, 11) is 1.30. The molecular formula is C10H10ClNO4S. The molecule has 0 heterocycles. The van der Waals surface area contributed by atoms with Crippen LogP contribution in [0, 0.1) is 10.1 Å². The van der Waals surface area contributed by atoms with Crippen LogP contribution >= 0.6 is 10.7 Å². The van der Waals surface area contributed by atoms with Gasteiger partial charge in [-0.25, -0.2) is 8.42 Å². The third-order valence-corrected chi connectivity index (χ3v) is 4.23. The van der Waals surface area contributed by atoms with Crippen molar-refractivity contribution in [3.63, 3.8) is 0 Å². The molecule has 0 amide bonds. The molecule has 7 heteroatoms. The van der Waals surface area contributed by atoms with Crippen molar-refractivity contribution in [1.82, 2.24) is 0 Å². The maximum atomic E-state index is 11.2. The van der Waals surface area contributed by atoms with Crippen LogP contribution in [0.2, 0.25) is 0 Å². The summed E-state index contributed by atoms with van der Waals surface area (Å²) < 4.78 is 22.5. The number of halogens is 1. The van der Waals surface area contributed by atoms with Crippen molar-refractivity contribution in [1.29, 1.82) is 0 Å². The topological polar surface area (TPSA) is 77.3 Å². The molecule has 1 aliphatic carbocycles. The van der Waals surface area contributed by atoms with E-state index in [2.05, 4.69) is 0 Å². The van der Waals surface area contributed by atoms with Gasteiger partial charge in [-0.3, -0.25) is 10.1 Å². The number of nitrogens with zero attached hydrogens (tertiary/aromatic N) is 1. The second-order valence-corrected chi connectivity index (χ2v) is 6.55. The zero-order valence-electron chi connectivity index (χ0n) is 8.85. The molecule has 0 unspecified atom stereocenters. The Labute approximate surface area is 103 Å². The van der Waals surface area contributed by atoms with Crippen LogP contribution in [0.25, 0.3) is 0 Å². The van der Waals surface area contributed by atoms with Crippen LogP contribution in [0.15, 0.2) is 17.0 Å². The van der Waals surface area contributed by atoms with Crippen molar-refractivity contribution < 1.29 is 13.3 Å². The fraction of sp³-hybridized carbons (Fsp3) is 0.400. The van der Waals surface area contributed by atoms with E-state index >= 15 is 0 Å². The third-order valence-electron chi connectivity index (χ3n) is 2.89. The average molecular weight is 276 g/mol. The number of nitro groups is 1. The highest BCUT2D eigenvalue weighted by Gasteiger charge is 2.25. The van der Waals surface area contributed by atoms with Crippen molar-refractivity contribution in [2.45, 2.75) is 30.6 Å². The van der Waals surface area contributed by atoms with Gasteiger partial charge in [-0.05, 0) is 37.3 Å². The standard InChI is InChI=1S/C10H10ClNO4S/c11-17(15,16)8-5-7-3-1-2-4-9(7)10(6-8)12(13)14/h5-6H,1-4H2. The van der Waals surface area contributed by atoms with E-state index in [0.717, 1.165) is 24.5 Å². The first-order valence-corrected chi connectivity index (χ1v) is 7.45. The molecule has 0 fully saturated rings. The predicted octanol–water partition coefficient (Wildman–Crippen LogP) is 2.40. The van der Waals surface area contributed by atoms with Gasteiger partial charge in [-0.15, -0.1) is 0 Å². The molecule has 2 rings (SSSR count). The number of aryl methyl sites for hydroxylation is 1. The minimum Gasteiger partial charge on any atom is -0.258 e. The quantitative estimate of drug-likeness (QED) is 0.472. The molecule has 1 aromatic carbocycles. The Kier molecular flexibility index (Phi) is 3.09. The normalized spacial score (nSPS) is 15.4. The highest BCUT2D eigenvalue weighted by Crippen LogP contribution is 2.33. The van der Waals surface area contributed by atoms with Crippen molar-refractivity contribution >= 4 is 25.4 Å². The summed E-state index contributed by atoms with van der Waals surface area (Å²) in [5.41, 5.74) is 1.23. The summed E-state index contributed by atoms with van der Waals surface area (Å²) in [6.45, 7) is 0. The highest BCUT2D eigenvalue weighted by molar-refractivity contribution is 8.13. The first kappa shape index (κ1) is 12.3. The van der Waals surface area contributed by atoms with E-state index in [9.17, 15) is 18.5 Å². The third kappa shape index (κ3) is 2.42. The van der Waals surface area contributed by atoms with Crippen molar-refractivity contribution in [2.24, 2.45) is 0 Å². The summed E-state index contributed by atoms with van der Waals surface area (Å²) in [4.78, 5) is 10.2. The molecule has 0 N–H and O–H groups in total. The van der Waals surface area contributed by atoms with Gasteiger partial charge in [-0.1, -0.05) is 0 Å². The van der Waals surface area contributed by atoms with E-state index in [1.165, 1.54) is 6.07 Å². The number of hydrogen-bond donors (Lipinski definition) is 0. The fourth-order valence-corrected chi connectivity index (χ4v) is 2.92. The largest absolute Gasteiger partial charge is 0.274 e. The first-order chi connectivity index (χ1) is 7.89. The van der Waals surface area contributed by atoms with Gasteiger partial charge in [0.1, 0.15) is 0 Å². The Morgan fingerprint density at radius 3 is 2.47 bits per heavy atom. The minimum absolute atomic E-state index is 0.138. The summed E-state index contributed by atoms with van der Waals surface area (Å²) in [6, 6.07) is 2.50. The van der Waals surface area contributed by atoms with Crippen LogP contribution < -0.4 is 0 Å². The Morgan fingerprint density at radius 2 is 1.88 bits per heavy atom. The van der Waals surface area contributed by atoms with Crippen LogP contribution in [0.5, 0.6) is 0 Å². The maximum absolute atomic E-state index is 11.2. The Morgan fingerprint density at radius 1 is 1.24 bits per heavy atom. The van der Waals surface area contributed by atoms with E-state index in [-0.39, 0.29) is 10.6 Å². The van der Waals surface area contributed by atoms with Gasteiger partial charge < -0.3 is 0 Å². The van der Waals surface area contributed by atoms with Gasteiger partial charge in [0.15, 0.2) is 0 Å². The Balaban J connectivity index is 2.69. The summed E-state index contributed by atoms with van der Waals surface area (Å²) in [6.07, 6.45) is 3.08. The lowest BCUT2D eigenvalue weighted by Gasteiger charge is -2.16. The van der Waals surface area contributed by atoms with Gasteiger partial charge in [0.05, 0.1) is 9.82 Å². The molecule has 5 nitrogen and oxygen atoms in total. The van der Waals surface area contributed by atoms with Crippen molar-refractivity contribution in [2.75, 3.05) is 0 Å². The zero-order valence-corrected chi connectivity index (χ0v) is 10.4. The number of fused-ring (bicyclic) bond motifs is 1. The van der Waals surface area contributed by atoms with Crippen LogP contribution in [-0.4, -0.2) is 13.3 Å². The molecule has 0 saturated carbocycles. The second kappa shape index (κ2) is 4.27. The van der Waals surface area contributed by atoms with E-state index in [1.54, 1.807) is 0 Å². The molecular weight excluding hydrogens is 266 g/mol. The number of benzene rings is 1. The summed E-state index contributed by atoms with van der Waals surface area (Å²) >= 11 is 0. The van der Waals surface area contributed by atoms with Crippen molar-refractivity contribution in [3.05, 3.63) is 33.4 Å². The van der Waals surface area contributed by atoms with Crippen molar-refractivity contribution in [3.8, 4) is 0 Å². The van der Waals surface area contributed by atoms with Gasteiger partial charge in [0.25, 0.3) is 14.7 Å². The number of nitro benzene ring substituents is 1. The van der Waals surface area contributed by atoms with Gasteiger partial charge in [-0.2, -0.15) is 0 Å². The SMILES string of the molecule is O=[N+]([O-])c1cc(S(=O)(=O)Cl)cc2c1CCCC2. The predicted molar refractivity (Wildman–Crippen MR) is 62.8 cm³/mol. The Bertz CT molecular complexity index is 582. The minimum atomic E-state index is -3.92. The molecule has 1 aromatic rings. The molecule has 1 aliphatic rings. The van der Waals surface area contributed by atoms with Gasteiger partial charge >= 0.3 is 0 Å². The van der Waals surface area contributed by atoms with E-state index < -0.39 is 14.0 Å². The van der Waals surface area contributed by atoms with Gasteiger partial charge in [0, 0.05) is 22.3 Å². The average Bonchev–Trinajstić information content (AvgIpc) is 2.26. The lowest BCUT2D eigenvalue weighted by molar-refractivity contribution is -0.385. The molecule has 0 radical (unpaired) electrons. The second-order valence-electron chi connectivity index (χ2n) is 3.98. The van der Waals surface area contributed by atoms with Crippen LogP contribution in [0.1, 0.15) is 24.0 Å². The molecule has 92 valence electrons. The summed E-state index contributed by atoms with van der Waals surface area (Å²) in [5, 5.41) is 10.9. The number of rotatable bonds is 2. The summed E-state index contributed by atoms with van der Waals surface area (Å²) in [5.74, 6) is 0. The highest BCUT2D eigenvalue weighted by atomic mass is 35.7. The lowest BCUT2D eigenvalue weighted by Crippen LogP contribution is -2.08. The zero-order chi connectivity index (χ0) is 12.6. The smallest absolute Gasteiger partial charge is 0.258 e. The van der Waals surface area contributed by atoms with Crippen LogP contribution in [0.4, 0.5) is 5.69 Å². The molecule has 0 aromatic heterocycles. The molecule has 17 heavy (non-hydrogen) atoms. The van der Waals surface area contributed by atoms with E-state index in [4.69, 9.17) is 10.7 Å². The molecule has 0 atom stereocenters. The first-order valence-electron chi connectivity index (χ1n) is 5.14. The van der Waals surface area contributed by atoms with E-state index in [1.807, 2.05) is 0 Å². The molecule has 0 bridgehead atoms.